The van der Waals surface area contributed by atoms with Crippen molar-refractivity contribution in [2.24, 2.45) is 22.6 Å². The Bertz CT molecular complexity index is 512. The molecule has 3 N–H and O–H groups in total. The van der Waals surface area contributed by atoms with Crippen LogP contribution in [0.5, 0.6) is 0 Å². The van der Waals surface area contributed by atoms with Crippen LogP contribution in [0.2, 0.25) is 0 Å². The fourth-order valence-corrected chi connectivity index (χ4v) is 6.70. The lowest BCUT2D eigenvalue weighted by Crippen LogP contribution is -2.59. The zero-order chi connectivity index (χ0) is 17.7. The lowest BCUT2D eigenvalue weighted by molar-refractivity contribution is -0.0575. The van der Waals surface area contributed by atoms with Crippen molar-refractivity contribution in [3.8, 4) is 0 Å². The maximum Gasteiger partial charge on any atom is 0.132 e. The summed E-state index contributed by atoms with van der Waals surface area (Å²) >= 11 is 8.24. The molecular weight excluding hydrogens is 347 g/mol. The monoisotopic (exact) mass is 376 g/mol. The molecule has 0 amide bonds. The van der Waals surface area contributed by atoms with Crippen molar-refractivity contribution in [3.05, 3.63) is 0 Å². The summed E-state index contributed by atoms with van der Waals surface area (Å²) in [5, 5.41) is 11.9. The molecule has 2 aliphatic carbocycles. The number of aliphatic hydroxyl groups is 1. The number of hydrogen-bond acceptors (Lipinski definition) is 4. The van der Waals surface area contributed by atoms with Crippen LogP contribution in [-0.2, 0) is 0 Å². The van der Waals surface area contributed by atoms with E-state index in [-0.39, 0.29) is 27.9 Å². The summed E-state index contributed by atoms with van der Waals surface area (Å²) in [5.41, 5.74) is 4.84. The van der Waals surface area contributed by atoms with Gasteiger partial charge in [0.05, 0.1) is 6.04 Å². The second-order valence-electron chi connectivity index (χ2n) is 8.71. The minimum absolute atomic E-state index is 0.00726. The fourth-order valence-electron chi connectivity index (χ4n) is 4.83. The Hall–Kier alpha value is -0.0000000000000000555. The van der Waals surface area contributed by atoms with Crippen molar-refractivity contribution < 1.29 is 9.50 Å². The van der Waals surface area contributed by atoms with Gasteiger partial charge in [-0.3, -0.25) is 4.99 Å². The first-order chi connectivity index (χ1) is 11.1. The van der Waals surface area contributed by atoms with E-state index in [1.807, 2.05) is 11.8 Å². The van der Waals surface area contributed by atoms with Crippen molar-refractivity contribution >= 4 is 29.2 Å². The van der Waals surface area contributed by atoms with Gasteiger partial charge < -0.3 is 10.8 Å². The van der Waals surface area contributed by atoms with E-state index in [0.29, 0.717) is 24.5 Å². The highest BCUT2D eigenvalue weighted by Gasteiger charge is 2.58. The molecule has 7 atom stereocenters. The number of aliphatic imine (C=N–C) groups is 1. The summed E-state index contributed by atoms with van der Waals surface area (Å²) in [5.74, 6) is -0.348. The van der Waals surface area contributed by atoms with Gasteiger partial charge in [-0.2, -0.15) is 11.8 Å². The number of fused-ring (bicyclic) bond motifs is 1. The lowest BCUT2D eigenvalue weighted by atomic mass is 9.65. The molecule has 0 spiro atoms. The first kappa shape index (κ1) is 18.8. The van der Waals surface area contributed by atoms with Crippen LogP contribution in [0.1, 0.15) is 59.3 Å². The third-order valence-electron chi connectivity index (χ3n) is 5.83. The number of alkyl halides is 2. The van der Waals surface area contributed by atoms with E-state index in [4.69, 9.17) is 17.3 Å². The fraction of sp³-hybridized carbons (Fsp3) is 0.944. The molecule has 0 aromatic rings. The van der Waals surface area contributed by atoms with Crippen molar-refractivity contribution in [1.29, 1.82) is 0 Å². The molecule has 0 aromatic heterocycles. The zero-order valence-corrected chi connectivity index (χ0v) is 16.4. The molecule has 2 fully saturated rings. The molecule has 1 aliphatic heterocycles. The average molecular weight is 377 g/mol. The third kappa shape index (κ3) is 3.45. The van der Waals surface area contributed by atoms with Crippen molar-refractivity contribution in [2.45, 2.75) is 92.5 Å². The molecular formula is C18H30ClFN2OS. The second kappa shape index (κ2) is 6.62. The van der Waals surface area contributed by atoms with Gasteiger partial charge >= 0.3 is 0 Å². The second-order valence-corrected chi connectivity index (χ2v) is 11.5. The van der Waals surface area contributed by atoms with Crippen LogP contribution in [0, 0.1) is 11.8 Å². The van der Waals surface area contributed by atoms with Gasteiger partial charge in [-0.05, 0) is 38.5 Å². The van der Waals surface area contributed by atoms with Crippen LogP contribution in [0.15, 0.2) is 4.99 Å². The van der Waals surface area contributed by atoms with E-state index >= 15 is 0 Å². The molecule has 0 bridgehead atoms. The molecule has 0 aromatic carbocycles. The number of nitrogens with zero attached hydrogens (tertiary/aromatic N) is 1. The quantitative estimate of drug-likeness (QED) is 0.718. The van der Waals surface area contributed by atoms with E-state index in [2.05, 4.69) is 25.8 Å². The first-order valence-electron chi connectivity index (χ1n) is 9.13. The maximum atomic E-state index is 14.9. The Morgan fingerprint density at radius 1 is 1.21 bits per heavy atom. The molecule has 6 heteroatoms. The molecule has 138 valence electrons. The summed E-state index contributed by atoms with van der Waals surface area (Å²) < 4.78 is 15.0. The summed E-state index contributed by atoms with van der Waals surface area (Å²) in [6.45, 7) is 6.55. The standard InChI is InChI=1S/C18H30ClFN2OS/c1-17(2,3)24-11-5-6-14(20)12(9-11)18(23)13-8-10(19)4-7-15(13)22-16(18)21/h10-15,23H,4-9H2,1-3H3,(H2,21,22). The lowest BCUT2D eigenvalue weighted by Gasteiger charge is -2.46. The van der Waals surface area contributed by atoms with E-state index in [1.165, 1.54) is 0 Å². The number of halogens is 2. The summed E-state index contributed by atoms with van der Waals surface area (Å²) in [4.78, 5) is 4.52. The molecule has 2 saturated carbocycles. The van der Waals surface area contributed by atoms with Crippen LogP contribution in [0.25, 0.3) is 0 Å². The highest BCUT2D eigenvalue weighted by atomic mass is 35.5. The maximum absolute atomic E-state index is 14.9. The van der Waals surface area contributed by atoms with Gasteiger partial charge in [0.1, 0.15) is 17.6 Å². The summed E-state index contributed by atoms with van der Waals surface area (Å²) in [7, 11) is 0. The Balaban J connectivity index is 1.83. The average Bonchev–Trinajstić information content (AvgIpc) is 2.72. The van der Waals surface area contributed by atoms with E-state index in [1.54, 1.807) is 0 Å². The minimum Gasteiger partial charge on any atom is -0.385 e. The summed E-state index contributed by atoms with van der Waals surface area (Å²) in [6.07, 6.45) is 3.40. The van der Waals surface area contributed by atoms with Gasteiger partial charge in [0.15, 0.2) is 0 Å². The molecule has 3 nitrogen and oxygen atoms in total. The Morgan fingerprint density at radius 2 is 1.92 bits per heavy atom. The Morgan fingerprint density at radius 3 is 2.58 bits per heavy atom. The molecule has 3 aliphatic rings. The minimum atomic E-state index is -1.32. The Labute approximate surface area is 154 Å². The molecule has 0 saturated heterocycles. The molecule has 24 heavy (non-hydrogen) atoms. The van der Waals surface area contributed by atoms with E-state index in [0.717, 1.165) is 19.3 Å². The topological polar surface area (TPSA) is 58.6 Å². The predicted octanol–water partition coefficient (Wildman–Crippen LogP) is 3.90. The van der Waals surface area contributed by atoms with Gasteiger partial charge in [-0.15, -0.1) is 11.6 Å². The van der Waals surface area contributed by atoms with Crippen LogP contribution in [0.4, 0.5) is 4.39 Å². The van der Waals surface area contributed by atoms with Gasteiger partial charge in [-0.1, -0.05) is 20.8 Å². The van der Waals surface area contributed by atoms with E-state index in [9.17, 15) is 9.50 Å². The van der Waals surface area contributed by atoms with Crippen LogP contribution in [0.3, 0.4) is 0 Å². The Kier molecular flexibility index (Phi) is 5.18. The number of hydrogen-bond donors (Lipinski definition) is 2. The van der Waals surface area contributed by atoms with Crippen molar-refractivity contribution in [1.82, 2.24) is 0 Å². The van der Waals surface area contributed by atoms with E-state index < -0.39 is 17.7 Å². The largest absolute Gasteiger partial charge is 0.385 e. The van der Waals surface area contributed by atoms with Crippen molar-refractivity contribution in [2.75, 3.05) is 0 Å². The van der Waals surface area contributed by atoms with Crippen LogP contribution in [-0.4, -0.2) is 44.1 Å². The summed E-state index contributed by atoms with van der Waals surface area (Å²) in [6, 6.07) is 0.00726. The van der Waals surface area contributed by atoms with Crippen LogP contribution < -0.4 is 5.73 Å². The smallest absolute Gasteiger partial charge is 0.132 e. The van der Waals surface area contributed by atoms with Gasteiger partial charge in [0.2, 0.25) is 0 Å². The van der Waals surface area contributed by atoms with Gasteiger partial charge in [0.25, 0.3) is 0 Å². The van der Waals surface area contributed by atoms with Crippen LogP contribution >= 0.6 is 23.4 Å². The number of nitrogens with two attached hydrogens (primary N) is 1. The zero-order valence-electron chi connectivity index (χ0n) is 14.8. The molecule has 3 rings (SSSR count). The highest BCUT2D eigenvalue weighted by Crippen LogP contribution is 2.51. The number of rotatable bonds is 2. The SMILES string of the molecule is CC(C)(C)SC1CCC(F)C(C2(O)C(N)=NC3CCC(Cl)CC32)C1. The number of amidine groups is 1. The number of thioether (sulfide) groups is 1. The van der Waals surface area contributed by atoms with Crippen molar-refractivity contribution in [3.63, 3.8) is 0 Å². The molecule has 0 radical (unpaired) electrons. The normalized spacial score (nSPS) is 46.5. The third-order valence-corrected chi connectivity index (χ3v) is 7.70. The predicted molar refractivity (Wildman–Crippen MR) is 101 cm³/mol. The highest BCUT2D eigenvalue weighted by molar-refractivity contribution is 8.01. The molecule has 7 unspecified atom stereocenters. The first-order valence-corrected chi connectivity index (χ1v) is 10.4. The molecule has 1 heterocycles. The van der Waals surface area contributed by atoms with Gasteiger partial charge in [-0.25, -0.2) is 4.39 Å². The van der Waals surface area contributed by atoms with Gasteiger partial charge in [0, 0.05) is 27.2 Å².